The molecule has 6 N–H and O–H groups in total. The van der Waals surface area contributed by atoms with Crippen LogP contribution < -0.4 is 17.2 Å². The second kappa shape index (κ2) is 19.9. The number of nitrogens with zero attached hydrogens (tertiary/aromatic N) is 10. The van der Waals surface area contributed by atoms with Crippen molar-refractivity contribution in [1.29, 1.82) is 0 Å². The number of pyridine rings is 1. The Morgan fingerprint density at radius 1 is 0.213 bits per heavy atom. The lowest BCUT2D eigenvalue weighted by atomic mass is 9.91. The van der Waals surface area contributed by atoms with Gasteiger partial charge < -0.3 is 17.2 Å². The Kier molecular flexibility index (Phi) is 12.0. The van der Waals surface area contributed by atoms with E-state index >= 15 is 0 Å². The summed E-state index contributed by atoms with van der Waals surface area (Å²) < 4.78 is 0. The van der Waals surface area contributed by atoms with Crippen LogP contribution in [0.15, 0.2) is 225 Å². The quantitative estimate of drug-likeness (QED) is 0.110. The molecule has 0 amide bonds. The summed E-state index contributed by atoms with van der Waals surface area (Å²) in [5.74, 6) is 3.19. The summed E-state index contributed by atoms with van der Waals surface area (Å²) in [4.78, 5) is 46.7. The molecule has 8 aromatic carbocycles. The molecule has 12 rings (SSSR count). The molecule has 4 heterocycles. The summed E-state index contributed by atoms with van der Waals surface area (Å²) in [6.45, 7) is 0. The average Bonchev–Trinajstić information content (AvgIpc) is 3.47. The summed E-state index contributed by atoms with van der Waals surface area (Å²) >= 11 is 0. The summed E-state index contributed by atoms with van der Waals surface area (Å²) in [5.41, 5.74) is 33.6. The first kappa shape index (κ1) is 45.5. The van der Waals surface area contributed by atoms with Crippen molar-refractivity contribution in [1.82, 2.24) is 49.8 Å². The average molecular weight is 970 g/mol. The fourth-order valence-corrected chi connectivity index (χ4v) is 9.20. The molecule has 0 aliphatic rings. The zero-order valence-corrected chi connectivity index (χ0v) is 40.1. The van der Waals surface area contributed by atoms with E-state index in [2.05, 4.69) is 96.6 Å². The van der Waals surface area contributed by atoms with E-state index in [4.69, 9.17) is 37.1 Å². The van der Waals surface area contributed by atoms with Crippen LogP contribution >= 0.6 is 0 Å². The van der Waals surface area contributed by atoms with E-state index in [1.54, 1.807) is 6.20 Å². The largest absolute Gasteiger partial charge is 0.368 e. The number of hydrogen-bond acceptors (Lipinski definition) is 13. The monoisotopic (exact) mass is 969 g/mol. The van der Waals surface area contributed by atoms with Gasteiger partial charge in [-0.15, -0.1) is 0 Å². The molecule has 13 nitrogen and oxygen atoms in total. The smallest absolute Gasteiger partial charge is 0.224 e. The van der Waals surface area contributed by atoms with Crippen LogP contribution in [0.1, 0.15) is 0 Å². The molecule has 0 aliphatic carbocycles. The van der Waals surface area contributed by atoms with Crippen LogP contribution in [0.25, 0.3) is 124 Å². The van der Waals surface area contributed by atoms with Gasteiger partial charge in [0.2, 0.25) is 17.8 Å². The summed E-state index contributed by atoms with van der Waals surface area (Å²) in [6.07, 6.45) is 1.78. The maximum atomic E-state index is 6.56. The van der Waals surface area contributed by atoms with Crippen molar-refractivity contribution in [3.8, 4) is 124 Å². The van der Waals surface area contributed by atoms with Gasteiger partial charge in [-0.05, 0) is 74.8 Å². The number of rotatable bonds is 11. The van der Waals surface area contributed by atoms with Crippen molar-refractivity contribution in [3.63, 3.8) is 0 Å². The molecule has 4 aromatic heterocycles. The van der Waals surface area contributed by atoms with E-state index in [9.17, 15) is 0 Å². The molecule has 0 aliphatic heterocycles. The van der Waals surface area contributed by atoms with Crippen LogP contribution in [0.3, 0.4) is 0 Å². The number of benzene rings is 8. The second-order valence-corrected chi connectivity index (χ2v) is 17.6. The lowest BCUT2D eigenvalue weighted by Crippen LogP contribution is -2.03. The van der Waals surface area contributed by atoms with Crippen LogP contribution in [0, 0.1) is 0 Å². The molecule has 75 heavy (non-hydrogen) atoms. The molecule has 0 fully saturated rings. The van der Waals surface area contributed by atoms with Gasteiger partial charge in [0.05, 0.1) is 5.69 Å². The molecule has 356 valence electrons. The van der Waals surface area contributed by atoms with Crippen molar-refractivity contribution in [2.75, 3.05) is 17.2 Å². The number of nitrogen functional groups attached to an aromatic ring is 3. The molecule has 0 bridgehead atoms. The third-order valence-corrected chi connectivity index (χ3v) is 12.7. The molecule has 0 radical (unpaired) electrons. The Morgan fingerprint density at radius 2 is 0.533 bits per heavy atom. The fourth-order valence-electron chi connectivity index (χ4n) is 9.20. The molecule has 0 saturated carbocycles. The van der Waals surface area contributed by atoms with Crippen molar-refractivity contribution in [3.05, 3.63) is 225 Å². The first-order chi connectivity index (χ1) is 36.9. The van der Waals surface area contributed by atoms with Crippen molar-refractivity contribution in [2.45, 2.75) is 0 Å². The lowest BCUT2D eigenvalue weighted by molar-refractivity contribution is 1.08. The first-order valence-electron chi connectivity index (χ1n) is 24.1. The third-order valence-electron chi connectivity index (χ3n) is 12.7. The fraction of sp³-hybridized carbons (Fsp3) is 0. The predicted octanol–water partition coefficient (Wildman–Crippen LogP) is 12.7. The Hall–Kier alpha value is -10.7. The summed E-state index contributed by atoms with van der Waals surface area (Å²) in [5, 5.41) is 0. The number of anilines is 3. The highest BCUT2D eigenvalue weighted by atomic mass is 15.1. The van der Waals surface area contributed by atoms with Crippen molar-refractivity contribution < 1.29 is 0 Å². The minimum absolute atomic E-state index is 0.0999. The zero-order valence-electron chi connectivity index (χ0n) is 40.1. The minimum Gasteiger partial charge on any atom is -0.368 e. The predicted molar refractivity (Wildman–Crippen MR) is 297 cm³/mol. The maximum Gasteiger partial charge on any atom is 0.224 e. The molecule has 0 atom stereocenters. The summed E-state index contributed by atoms with van der Waals surface area (Å²) in [7, 11) is 0. The summed E-state index contributed by atoms with van der Waals surface area (Å²) in [6, 6.07) is 72.4. The third kappa shape index (κ3) is 9.51. The number of hydrogen-bond donors (Lipinski definition) is 3. The highest BCUT2D eigenvalue weighted by Gasteiger charge is 2.19. The van der Waals surface area contributed by atoms with Gasteiger partial charge in [-0.1, -0.05) is 188 Å². The van der Waals surface area contributed by atoms with Crippen LogP contribution in [-0.2, 0) is 0 Å². The maximum absolute atomic E-state index is 6.56. The molecule has 0 spiro atoms. The van der Waals surface area contributed by atoms with E-state index in [1.807, 2.05) is 152 Å². The van der Waals surface area contributed by atoms with Crippen LogP contribution in [-0.4, -0.2) is 49.8 Å². The van der Waals surface area contributed by atoms with Gasteiger partial charge in [0, 0.05) is 45.1 Å². The van der Waals surface area contributed by atoms with Crippen LogP contribution in [0.4, 0.5) is 17.8 Å². The van der Waals surface area contributed by atoms with Gasteiger partial charge in [-0.25, -0.2) is 15.0 Å². The lowest BCUT2D eigenvalue weighted by Gasteiger charge is -2.15. The number of aromatic nitrogens is 10. The van der Waals surface area contributed by atoms with Gasteiger partial charge in [-0.2, -0.15) is 29.9 Å². The molecule has 0 unspecified atom stereocenters. The highest BCUT2D eigenvalue weighted by Crippen LogP contribution is 2.40. The molecular weight excluding hydrogens is 927 g/mol. The van der Waals surface area contributed by atoms with Crippen molar-refractivity contribution in [2.24, 2.45) is 0 Å². The van der Waals surface area contributed by atoms with Gasteiger partial charge in [0.25, 0.3) is 0 Å². The van der Waals surface area contributed by atoms with Gasteiger partial charge >= 0.3 is 0 Å². The van der Waals surface area contributed by atoms with E-state index in [0.717, 1.165) is 89.1 Å². The zero-order chi connectivity index (χ0) is 50.7. The Balaban J connectivity index is 0.855. The topological polar surface area (TPSA) is 207 Å². The van der Waals surface area contributed by atoms with E-state index in [1.165, 1.54) is 0 Å². The minimum atomic E-state index is 0.0999. The molecular formula is C62H43N13. The van der Waals surface area contributed by atoms with Crippen molar-refractivity contribution >= 4 is 17.8 Å². The molecule has 0 saturated heterocycles. The highest BCUT2D eigenvalue weighted by molar-refractivity contribution is 5.92. The normalized spacial score (nSPS) is 11.1. The first-order valence-corrected chi connectivity index (χ1v) is 24.1. The number of nitrogens with two attached hydrogens (primary N) is 3. The van der Waals surface area contributed by atoms with Crippen LogP contribution in [0.2, 0.25) is 0 Å². The Morgan fingerprint density at radius 3 is 1.00 bits per heavy atom. The SMILES string of the molecule is Nc1nc(-c2ccccc2)nc(-c2cccc(-c3ccccc3-c3cccc(-c4nc(N)nc(-c5ccccc5-c5ccccc5-c5cccc(-c6nc(N)nc(-c7ccc(-c8ccccn8)cc7)n6)c5)n4)c3)c2)n1. The molecule has 12 aromatic rings. The second-order valence-electron chi connectivity index (χ2n) is 17.6. The Bertz CT molecular complexity index is 4060. The van der Waals surface area contributed by atoms with Gasteiger partial charge in [0.15, 0.2) is 34.9 Å². The van der Waals surface area contributed by atoms with E-state index < -0.39 is 0 Å². The standard InChI is InChI=1S/C62H43N13/c63-60-70-54(39-15-2-1-3-16-39)67-56(72-60)44-20-12-17-41(35-44)47-23-4-5-24-48(47)42-18-13-22-46(36-42)58-69-59(75-62(65)74-58)52-28-9-8-27-51(52)50-26-7-6-25-49(50)43-19-14-21-45(37-43)57-68-55(71-61(64)73-57)40-32-30-38(31-33-40)53-29-10-11-34-66-53/h1-37H,(H2,63,67,70,72)(H2,64,68,71,73)(H2,65,69,74,75). The van der Waals surface area contributed by atoms with Gasteiger partial charge in [-0.3, -0.25) is 4.98 Å². The van der Waals surface area contributed by atoms with E-state index in [-0.39, 0.29) is 17.8 Å². The Labute approximate surface area is 431 Å². The van der Waals surface area contributed by atoms with E-state index in [0.29, 0.717) is 34.9 Å². The van der Waals surface area contributed by atoms with Gasteiger partial charge in [0.1, 0.15) is 0 Å². The van der Waals surface area contributed by atoms with Crippen LogP contribution in [0.5, 0.6) is 0 Å². The molecule has 13 heteroatoms.